The van der Waals surface area contributed by atoms with Gasteiger partial charge in [-0.1, -0.05) is 13.8 Å². The summed E-state index contributed by atoms with van der Waals surface area (Å²) < 4.78 is 0. The van der Waals surface area contributed by atoms with Crippen LogP contribution in [0.3, 0.4) is 0 Å². The molecule has 102 valence electrons. The van der Waals surface area contributed by atoms with Gasteiger partial charge in [-0.25, -0.2) is 0 Å². The summed E-state index contributed by atoms with van der Waals surface area (Å²) in [6.07, 6.45) is 8.73. The summed E-state index contributed by atoms with van der Waals surface area (Å²) in [4.78, 5) is 14.6. The van der Waals surface area contributed by atoms with E-state index >= 15 is 0 Å². The number of rotatable bonds is 2. The zero-order valence-electron chi connectivity index (χ0n) is 12.1. The summed E-state index contributed by atoms with van der Waals surface area (Å²) in [5.41, 5.74) is 0.495. The molecule has 0 aromatic heterocycles. The second kappa shape index (κ2) is 4.25. The zero-order valence-corrected chi connectivity index (χ0v) is 12.1. The van der Waals surface area contributed by atoms with Crippen LogP contribution in [0, 0.1) is 23.2 Å². The van der Waals surface area contributed by atoms with E-state index in [2.05, 4.69) is 25.8 Å². The van der Waals surface area contributed by atoms with Crippen LogP contribution in [-0.2, 0) is 4.79 Å². The number of hydrogen-bond donors (Lipinski definition) is 0. The van der Waals surface area contributed by atoms with Gasteiger partial charge < -0.3 is 4.90 Å². The van der Waals surface area contributed by atoms with Crippen LogP contribution < -0.4 is 0 Å². The Morgan fingerprint density at radius 2 is 1.61 bits per heavy atom. The van der Waals surface area contributed by atoms with E-state index in [9.17, 15) is 4.79 Å². The standard InChI is InChI=1S/C16H27NO/c1-16(2)6-4-14(5-7-16)17(3)15(18)13-9-11-8-12(11)10-13/h11-14H,4-10H2,1-3H3. The molecule has 3 aliphatic rings. The van der Waals surface area contributed by atoms with E-state index in [1.54, 1.807) is 0 Å². The lowest BCUT2D eigenvalue weighted by Crippen LogP contribution is -2.43. The fourth-order valence-electron chi connectivity index (χ4n) is 4.16. The summed E-state index contributed by atoms with van der Waals surface area (Å²) in [5.74, 6) is 2.65. The minimum atomic E-state index is 0.369. The molecule has 0 bridgehead atoms. The van der Waals surface area contributed by atoms with Crippen LogP contribution in [0.1, 0.15) is 58.8 Å². The largest absolute Gasteiger partial charge is 0.343 e. The van der Waals surface area contributed by atoms with Crippen molar-refractivity contribution in [3.63, 3.8) is 0 Å². The number of hydrogen-bond acceptors (Lipinski definition) is 1. The van der Waals surface area contributed by atoms with Crippen LogP contribution in [0.25, 0.3) is 0 Å². The first-order valence-corrected chi connectivity index (χ1v) is 7.73. The summed E-state index contributed by atoms with van der Waals surface area (Å²) >= 11 is 0. The van der Waals surface area contributed by atoms with Crippen LogP contribution in [-0.4, -0.2) is 23.9 Å². The SMILES string of the molecule is CN(C(=O)C1CC2CC2C1)C1CCC(C)(C)CC1. The lowest BCUT2D eigenvalue weighted by Gasteiger charge is -2.39. The van der Waals surface area contributed by atoms with Crippen molar-refractivity contribution < 1.29 is 4.79 Å². The highest BCUT2D eigenvalue weighted by Gasteiger charge is 2.49. The minimum Gasteiger partial charge on any atom is -0.343 e. The number of fused-ring (bicyclic) bond motifs is 1. The normalized spacial score (nSPS) is 38.3. The van der Waals surface area contributed by atoms with Crippen LogP contribution in [0.2, 0.25) is 0 Å². The molecule has 0 aromatic carbocycles. The lowest BCUT2D eigenvalue weighted by molar-refractivity contribution is -0.137. The minimum absolute atomic E-state index is 0.369. The van der Waals surface area contributed by atoms with Crippen molar-refractivity contribution in [2.45, 2.75) is 64.8 Å². The Balaban J connectivity index is 1.54. The molecule has 3 saturated carbocycles. The molecule has 0 aliphatic heterocycles. The number of amides is 1. The Bertz CT molecular complexity index is 329. The molecule has 3 aliphatic carbocycles. The molecular weight excluding hydrogens is 222 g/mol. The molecule has 18 heavy (non-hydrogen) atoms. The van der Waals surface area contributed by atoms with Gasteiger partial charge in [0.05, 0.1) is 0 Å². The molecule has 0 N–H and O–H groups in total. The average molecular weight is 249 g/mol. The molecule has 0 aromatic rings. The molecular formula is C16H27NO. The van der Waals surface area contributed by atoms with Gasteiger partial charge in [-0.05, 0) is 62.2 Å². The van der Waals surface area contributed by atoms with E-state index in [-0.39, 0.29) is 0 Å². The molecule has 2 atom stereocenters. The molecule has 2 nitrogen and oxygen atoms in total. The van der Waals surface area contributed by atoms with Crippen molar-refractivity contribution in [1.82, 2.24) is 4.90 Å². The van der Waals surface area contributed by atoms with Gasteiger partial charge in [0.15, 0.2) is 0 Å². The Morgan fingerprint density at radius 3 is 2.17 bits per heavy atom. The van der Waals surface area contributed by atoms with Crippen LogP contribution in [0.15, 0.2) is 0 Å². The molecule has 1 amide bonds. The molecule has 3 rings (SSSR count). The van der Waals surface area contributed by atoms with Gasteiger partial charge in [0.2, 0.25) is 5.91 Å². The topological polar surface area (TPSA) is 20.3 Å². The van der Waals surface area contributed by atoms with E-state index in [0.29, 0.717) is 23.3 Å². The smallest absolute Gasteiger partial charge is 0.225 e. The molecule has 2 unspecified atom stereocenters. The van der Waals surface area contributed by atoms with E-state index in [1.165, 1.54) is 44.9 Å². The Morgan fingerprint density at radius 1 is 1.06 bits per heavy atom. The van der Waals surface area contributed by atoms with Crippen molar-refractivity contribution in [2.24, 2.45) is 23.2 Å². The second-order valence-corrected chi connectivity index (χ2v) is 7.77. The van der Waals surface area contributed by atoms with Crippen molar-refractivity contribution in [3.05, 3.63) is 0 Å². The summed E-state index contributed by atoms with van der Waals surface area (Å²) in [5, 5.41) is 0. The highest BCUT2D eigenvalue weighted by Crippen LogP contribution is 2.54. The van der Waals surface area contributed by atoms with Crippen molar-refractivity contribution in [3.8, 4) is 0 Å². The van der Waals surface area contributed by atoms with E-state index in [1.807, 2.05) is 0 Å². The van der Waals surface area contributed by atoms with Crippen LogP contribution >= 0.6 is 0 Å². The molecule has 0 saturated heterocycles. The molecule has 2 heteroatoms. The molecule has 0 heterocycles. The summed E-state index contributed by atoms with van der Waals surface area (Å²) in [7, 11) is 2.05. The van der Waals surface area contributed by atoms with Crippen molar-refractivity contribution >= 4 is 5.91 Å². The maximum atomic E-state index is 12.5. The van der Waals surface area contributed by atoms with E-state index < -0.39 is 0 Å². The van der Waals surface area contributed by atoms with E-state index in [0.717, 1.165) is 11.8 Å². The number of carbonyl (C=O) groups excluding carboxylic acids is 1. The first-order chi connectivity index (χ1) is 8.46. The first-order valence-electron chi connectivity index (χ1n) is 7.73. The van der Waals surface area contributed by atoms with Gasteiger partial charge in [0, 0.05) is 19.0 Å². The molecule has 0 spiro atoms. The number of carbonyl (C=O) groups is 1. The van der Waals surface area contributed by atoms with E-state index in [4.69, 9.17) is 0 Å². The monoisotopic (exact) mass is 249 g/mol. The van der Waals surface area contributed by atoms with Crippen molar-refractivity contribution in [1.29, 1.82) is 0 Å². The van der Waals surface area contributed by atoms with Gasteiger partial charge in [-0.2, -0.15) is 0 Å². The van der Waals surface area contributed by atoms with Gasteiger partial charge in [-0.15, -0.1) is 0 Å². The second-order valence-electron chi connectivity index (χ2n) is 7.77. The summed E-state index contributed by atoms with van der Waals surface area (Å²) in [6, 6.07) is 0.516. The van der Waals surface area contributed by atoms with Crippen LogP contribution in [0.5, 0.6) is 0 Å². The third kappa shape index (κ3) is 2.31. The third-order valence-corrected chi connectivity index (χ3v) is 5.80. The number of nitrogens with zero attached hydrogens (tertiary/aromatic N) is 1. The third-order valence-electron chi connectivity index (χ3n) is 5.80. The van der Waals surface area contributed by atoms with Gasteiger partial charge in [0.1, 0.15) is 0 Å². The van der Waals surface area contributed by atoms with Gasteiger partial charge in [-0.3, -0.25) is 4.79 Å². The molecule has 3 fully saturated rings. The van der Waals surface area contributed by atoms with Gasteiger partial charge in [0.25, 0.3) is 0 Å². The molecule has 0 radical (unpaired) electrons. The fraction of sp³-hybridized carbons (Fsp3) is 0.938. The first kappa shape index (κ1) is 12.5. The summed E-state index contributed by atoms with van der Waals surface area (Å²) in [6.45, 7) is 4.71. The Kier molecular flexibility index (Phi) is 2.95. The highest BCUT2D eigenvalue weighted by molar-refractivity contribution is 5.79. The van der Waals surface area contributed by atoms with Crippen LogP contribution in [0.4, 0.5) is 0 Å². The zero-order chi connectivity index (χ0) is 12.9. The van der Waals surface area contributed by atoms with Crippen molar-refractivity contribution in [2.75, 3.05) is 7.05 Å². The Labute approximate surface area is 111 Å². The maximum absolute atomic E-state index is 12.5. The predicted octanol–water partition coefficient (Wildman–Crippen LogP) is 3.46. The predicted molar refractivity (Wildman–Crippen MR) is 73.1 cm³/mol. The lowest BCUT2D eigenvalue weighted by atomic mass is 9.75. The average Bonchev–Trinajstić information content (AvgIpc) is 2.94. The highest BCUT2D eigenvalue weighted by atomic mass is 16.2. The van der Waals surface area contributed by atoms with Gasteiger partial charge >= 0.3 is 0 Å². The Hall–Kier alpha value is -0.530. The quantitative estimate of drug-likeness (QED) is 0.734. The maximum Gasteiger partial charge on any atom is 0.225 e. The fourth-order valence-corrected chi connectivity index (χ4v) is 4.16.